The molecule has 1 heterocycles. The van der Waals surface area contributed by atoms with Crippen LogP contribution in [0.5, 0.6) is 5.75 Å². The molecule has 1 aliphatic carbocycles. The van der Waals surface area contributed by atoms with Crippen LogP contribution in [0.4, 0.5) is 9.39 Å². The second-order valence-corrected chi connectivity index (χ2v) is 8.25. The zero-order chi connectivity index (χ0) is 21.0. The fraction of sp³-hybridized carbons (Fsp3) is 0.455. The number of esters is 1. The molecule has 1 aliphatic rings. The molecule has 156 valence electrons. The van der Waals surface area contributed by atoms with Crippen molar-refractivity contribution in [1.82, 2.24) is 0 Å². The Bertz CT molecular complexity index is 878. The highest BCUT2D eigenvalue weighted by atomic mass is 32.1. The van der Waals surface area contributed by atoms with Gasteiger partial charge in [0.25, 0.3) is 5.91 Å². The van der Waals surface area contributed by atoms with Crippen molar-refractivity contribution in [2.24, 2.45) is 5.92 Å². The van der Waals surface area contributed by atoms with E-state index >= 15 is 0 Å². The summed E-state index contributed by atoms with van der Waals surface area (Å²) in [6.07, 6.45) is 3.05. The molecule has 1 aromatic carbocycles. The Morgan fingerprint density at radius 3 is 2.66 bits per heavy atom. The summed E-state index contributed by atoms with van der Waals surface area (Å²) < 4.78 is 23.9. The monoisotopic (exact) mass is 419 g/mol. The molecule has 29 heavy (non-hydrogen) atoms. The molecule has 0 saturated heterocycles. The molecule has 0 fully saturated rings. The highest BCUT2D eigenvalue weighted by molar-refractivity contribution is 7.17. The second kappa shape index (κ2) is 9.39. The van der Waals surface area contributed by atoms with Gasteiger partial charge < -0.3 is 14.8 Å². The SMILES string of the molecule is CCOC(=O)c1c(NC(=O)C(C)Oc2ccc(F)cc2)sc2c1CCC(CC)C2. The first-order valence-electron chi connectivity index (χ1n) is 9.97. The van der Waals surface area contributed by atoms with Crippen LogP contribution in [0.15, 0.2) is 24.3 Å². The minimum atomic E-state index is -0.807. The number of rotatable bonds is 7. The van der Waals surface area contributed by atoms with Gasteiger partial charge in [0.1, 0.15) is 16.6 Å². The van der Waals surface area contributed by atoms with E-state index in [-0.39, 0.29) is 18.3 Å². The Balaban J connectivity index is 1.79. The molecular weight excluding hydrogens is 393 g/mol. The summed E-state index contributed by atoms with van der Waals surface area (Å²) in [7, 11) is 0. The molecule has 7 heteroatoms. The van der Waals surface area contributed by atoms with Gasteiger partial charge in [-0.1, -0.05) is 13.3 Å². The number of benzene rings is 1. The van der Waals surface area contributed by atoms with Crippen LogP contribution < -0.4 is 10.1 Å². The third kappa shape index (κ3) is 4.96. The van der Waals surface area contributed by atoms with Gasteiger partial charge in [0, 0.05) is 4.88 Å². The van der Waals surface area contributed by atoms with Crippen molar-refractivity contribution in [2.75, 3.05) is 11.9 Å². The summed E-state index contributed by atoms with van der Waals surface area (Å²) in [5, 5.41) is 3.37. The number of carbonyl (C=O) groups is 2. The van der Waals surface area contributed by atoms with Gasteiger partial charge in [0.2, 0.25) is 0 Å². The van der Waals surface area contributed by atoms with E-state index < -0.39 is 12.1 Å². The van der Waals surface area contributed by atoms with Gasteiger partial charge in [-0.15, -0.1) is 11.3 Å². The summed E-state index contributed by atoms with van der Waals surface area (Å²) in [4.78, 5) is 26.4. The number of halogens is 1. The van der Waals surface area contributed by atoms with Crippen LogP contribution in [0.3, 0.4) is 0 Å². The van der Waals surface area contributed by atoms with E-state index in [9.17, 15) is 14.0 Å². The number of anilines is 1. The van der Waals surface area contributed by atoms with Crippen molar-refractivity contribution in [3.63, 3.8) is 0 Å². The highest BCUT2D eigenvalue weighted by Crippen LogP contribution is 2.41. The third-order valence-corrected chi connectivity index (χ3v) is 6.33. The largest absolute Gasteiger partial charge is 0.481 e. The Kier molecular flexibility index (Phi) is 6.90. The smallest absolute Gasteiger partial charge is 0.341 e. The van der Waals surface area contributed by atoms with E-state index in [1.165, 1.54) is 35.6 Å². The van der Waals surface area contributed by atoms with E-state index in [0.29, 0.717) is 22.2 Å². The lowest BCUT2D eigenvalue weighted by atomic mass is 9.85. The highest BCUT2D eigenvalue weighted by Gasteiger charge is 2.30. The molecule has 1 amide bonds. The molecular formula is C22H26FNO4S. The molecule has 2 aromatic rings. The normalized spacial score (nSPS) is 16.6. The van der Waals surface area contributed by atoms with Gasteiger partial charge in [-0.3, -0.25) is 4.79 Å². The summed E-state index contributed by atoms with van der Waals surface area (Å²) in [6, 6.07) is 5.49. The van der Waals surface area contributed by atoms with Crippen LogP contribution in [0.2, 0.25) is 0 Å². The van der Waals surface area contributed by atoms with Crippen LogP contribution in [-0.4, -0.2) is 24.6 Å². The molecule has 2 unspecified atom stereocenters. The minimum Gasteiger partial charge on any atom is -0.481 e. The standard InChI is InChI=1S/C22H26FNO4S/c1-4-14-6-11-17-18(12-14)29-21(19(17)22(26)27-5-2)24-20(25)13(3)28-16-9-7-15(23)8-10-16/h7-10,13-14H,4-6,11-12H2,1-3H3,(H,24,25). The van der Waals surface area contributed by atoms with E-state index in [1.54, 1.807) is 13.8 Å². The van der Waals surface area contributed by atoms with E-state index in [1.807, 2.05) is 0 Å². The molecule has 0 bridgehead atoms. The fourth-order valence-electron chi connectivity index (χ4n) is 3.49. The Morgan fingerprint density at radius 2 is 2.00 bits per heavy atom. The summed E-state index contributed by atoms with van der Waals surface area (Å²) in [5.41, 5.74) is 1.48. The molecule has 0 saturated carbocycles. The molecule has 2 atom stereocenters. The first-order chi connectivity index (χ1) is 13.9. The van der Waals surface area contributed by atoms with Crippen molar-refractivity contribution >= 4 is 28.2 Å². The lowest BCUT2D eigenvalue weighted by Gasteiger charge is -2.21. The van der Waals surface area contributed by atoms with Crippen molar-refractivity contribution in [3.05, 3.63) is 46.1 Å². The Hall–Kier alpha value is -2.41. The quantitative estimate of drug-likeness (QED) is 0.643. The van der Waals surface area contributed by atoms with Crippen molar-refractivity contribution in [2.45, 2.75) is 52.6 Å². The zero-order valence-electron chi connectivity index (χ0n) is 16.9. The van der Waals surface area contributed by atoms with Crippen LogP contribution in [-0.2, 0) is 22.4 Å². The molecule has 3 rings (SSSR count). The Labute approximate surface area is 174 Å². The maximum Gasteiger partial charge on any atom is 0.341 e. The van der Waals surface area contributed by atoms with Gasteiger partial charge in [0.05, 0.1) is 12.2 Å². The van der Waals surface area contributed by atoms with E-state index in [2.05, 4.69) is 12.2 Å². The lowest BCUT2D eigenvalue weighted by Crippen LogP contribution is -2.30. The van der Waals surface area contributed by atoms with Gasteiger partial charge in [-0.25, -0.2) is 9.18 Å². The number of ether oxygens (including phenoxy) is 2. The van der Waals surface area contributed by atoms with Gasteiger partial charge in [0.15, 0.2) is 6.10 Å². The second-order valence-electron chi connectivity index (χ2n) is 7.15. The average molecular weight is 420 g/mol. The van der Waals surface area contributed by atoms with Crippen molar-refractivity contribution in [1.29, 1.82) is 0 Å². The molecule has 1 N–H and O–H groups in total. The number of hydrogen-bond donors (Lipinski definition) is 1. The maximum absolute atomic E-state index is 13.0. The number of carbonyl (C=O) groups excluding carboxylic acids is 2. The summed E-state index contributed by atoms with van der Waals surface area (Å²) >= 11 is 1.45. The minimum absolute atomic E-state index is 0.276. The van der Waals surface area contributed by atoms with Gasteiger partial charge >= 0.3 is 5.97 Å². The number of nitrogens with one attached hydrogen (secondary N) is 1. The third-order valence-electron chi connectivity index (χ3n) is 5.16. The molecule has 0 spiro atoms. The van der Waals surface area contributed by atoms with Crippen LogP contribution >= 0.6 is 11.3 Å². The van der Waals surface area contributed by atoms with E-state index in [0.717, 1.165) is 36.1 Å². The topological polar surface area (TPSA) is 64.6 Å². The molecule has 0 aliphatic heterocycles. The molecule has 1 aromatic heterocycles. The Morgan fingerprint density at radius 1 is 1.28 bits per heavy atom. The summed E-state index contributed by atoms with van der Waals surface area (Å²) in [6.45, 7) is 5.83. The van der Waals surface area contributed by atoms with Gasteiger partial charge in [-0.05, 0) is 68.9 Å². The number of amides is 1. The van der Waals surface area contributed by atoms with Crippen molar-refractivity contribution in [3.8, 4) is 5.75 Å². The van der Waals surface area contributed by atoms with Crippen LogP contribution in [0, 0.1) is 11.7 Å². The zero-order valence-corrected chi connectivity index (χ0v) is 17.7. The predicted octanol–water partition coefficient (Wildman–Crippen LogP) is 4.98. The van der Waals surface area contributed by atoms with Crippen molar-refractivity contribution < 1.29 is 23.5 Å². The fourth-order valence-corrected chi connectivity index (χ4v) is 4.85. The average Bonchev–Trinajstić information content (AvgIpc) is 3.06. The van der Waals surface area contributed by atoms with Crippen LogP contribution in [0.1, 0.15) is 54.4 Å². The first-order valence-corrected chi connectivity index (χ1v) is 10.8. The number of hydrogen-bond acceptors (Lipinski definition) is 5. The van der Waals surface area contributed by atoms with Gasteiger partial charge in [-0.2, -0.15) is 0 Å². The summed E-state index contributed by atoms with van der Waals surface area (Å²) in [5.74, 6) is -0.146. The number of fused-ring (bicyclic) bond motifs is 1. The molecule has 5 nitrogen and oxygen atoms in total. The molecule has 0 radical (unpaired) electrons. The predicted molar refractivity (Wildman–Crippen MR) is 111 cm³/mol. The van der Waals surface area contributed by atoms with E-state index in [4.69, 9.17) is 9.47 Å². The lowest BCUT2D eigenvalue weighted by molar-refractivity contribution is -0.122. The van der Waals surface area contributed by atoms with Crippen LogP contribution in [0.25, 0.3) is 0 Å². The maximum atomic E-state index is 13.0. The first kappa shape index (κ1) is 21.3. The number of thiophene rings is 1.